The molecule has 0 aliphatic heterocycles. The number of fused-ring (bicyclic) bond motifs is 1. The molecule has 2 aromatic rings. The summed E-state index contributed by atoms with van der Waals surface area (Å²) in [7, 11) is 0. The number of aromatic nitrogens is 3. The highest BCUT2D eigenvalue weighted by molar-refractivity contribution is 5.71. The lowest BCUT2D eigenvalue weighted by atomic mass is 9.96. The van der Waals surface area contributed by atoms with Gasteiger partial charge in [-0.15, -0.1) is 0 Å². The fourth-order valence-corrected chi connectivity index (χ4v) is 2.98. The maximum absolute atomic E-state index is 5.84. The maximum Gasteiger partial charge on any atom is 0.215 e. The highest BCUT2D eigenvalue weighted by Crippen LogP contribution is 2.38. The third-order valence-corrected chi connectivity index (χ3v) is 3.94. The Balaban J connectivity index is 1.92. The van der Waals surface area contributed by atoms with Crippen molar-refractivity contribution in [1.82, 2.24) is 15.0 Å². The van der Waals surface area contributed by atoms with Gasteiger partial charge in [0.05, 0.1) is 12.1 Å². The Morgan fingerprint density at radius 2 is 2.26 bits per heavy atom. The molecule has 102 valence electrons. The SMILES string of the molecule is CCOc1ccc2[nH]c(C3CCCC3CN)nc2n1. The molecule has 0 amide bonds. The maximum atomic E-state index is 5.84. The number of hydrogen-bond acceptors (Lipinski definition) is 4. The second-order valence-corrected chi connectivity index (χ2v) is 5.11. The zero-order valence-electron chi connectivity index (χ0n) is 11.2. The number of imidazole rings is 1. The van der Waals surface area contributed by atoms with Gasteiger partial charge in [-0.05, 0) is 38.3 Å². The first-order valence-corrected chi connectivity index (χ1v) is 7.01. The molecule has 1 saturated carbocycles. The van der Waals surface area contributed by atoms with Crippen LogP contribution in [0, 0.1) is 5.92 Å². The van der Waals surface area contributed by atoms with Crippen LogP contribution in [0.1, 0.15) is 37.9 Å². The van der Waals surface area contributed by atoms with Crippen LogP contribution in [0.3, 0.4) is 0 Å². The normalized spacial score (nSPS) is 23.1. The number of ether oxygens (including phenoxy) is 1. The molecule has 5 heteroatoms. The average molecular weight is 260 g/mol. The summed E-state index contributed by atoms with van der Waals surface area (Å²) in [6, 6.07) is 3.86. The molecule has 0 aromatic carbocycles. The number of rotatable bonds is 4. The van der Waals surface area contributed by atoms with Crippen LogP contribution in [0.15, 0.2) is 12.1 Å². The smallest absolute Gasteiger partial charge is 0.215 e. The van der Waals surface area contributed by atoms with Gasteiger partial charge in [-0.1, -0.05) is 6.42 Å². The summed E-state index contributed by atoms with van der Waals surface area (Å²) in [5.41, 5.74) is 7.55. The van der Waals surface area contributed by atoms with Gasteiger partial charge in [0, 0.05) is 12.0 Å². The topological polar surface area (TPSA) is 76.8 Å². The molecule has 19 heavy (non-hydrogen) atoms. The van der Waals surface area contributed by atoms with Gasteiger partial charge in [0.1, 0.15) is 5.82 Å². The van der Waals surface area contributed by atoms with Crippen LogP contribution in [0.25, 0.3) is 11.2 Å². The first-order chi connectivity index (χ1) is 9.31. The van der Waals surface area contributed by atoms with Gasteiger partial charge in [-0.3, -0.25) is 0 Å². The van der Waals surface area contributed by atoms with Gasteiger partial charge in [-0.25, -0.2) is 4.98 Å². The quantitative estimate of drug-likeness (QED) is 0.883. The molecule has 0 bridgehead atoms. The number of hydrogen-bond donors (Lipinski definition) is 2. The zero-order chi connectivity index (χ0) is 13.2. The van der Waals surface area contributed by atoms with Crippen molar-refractivity contribution >= 4 is 11.2 Å². The lowest BCUT2D eigenvalue weighted by Crippen LogP contribution is -2.17. The van der Waals surface area contributed by atoms with Gasteiger partial charge in [0.2, 0.25) is 5.88 Å². The minimum atomic E-state index is 0.453. The highest BCUT2D eigenvalue weighted by atomic mass is 16.5. The first kappa shape index (κ1) is 12.4. The minimum Gasteiger partial charge on any atom is -0.478 e. The summed E-state index contributed by atoms with van der Waals surface area (Å²) in [4.78, 5) is 12.4. The molecule has 2 heterocycles. The molecule has 3 rings (SSSR count). The Labute approximate surface area is 112 Å². The molecule has 2 unspecified atom stereocenters. The summed E-state index contributed by atoms with van der Waals surface area (Å²) in [6.07, 6.45) is 3.61. The molecule has 1 fully saturated rings. The fourth-order valence-electron chi connectivity index (χ4n) is 2.98. The van der Waals surface area contributed by atoms with Crippen LogP contribution in [-0.4, -0.2) is 28.1 Å². The summed E-state index contributed by atoms with van der Waals surface area (Å²) < 4.78 is 5.41. The predicted octanol–water partition coefficient (Wildman–Crippen LogP) is 2.20. The van der Waals surface area contributed by atoms with Crippen molar-refractivity contribution < 1.29 is 4.74 Å². The van der Waals surface area contributed by atoms with Crippen LogP contribution >= 0.6 is 0 Å². The van der Waals surface area contributed by atoms with E-state index in [1.165, 1.54) is 19.3 Å². The Hall–Kier alpha value is -1.62. The van der Waals surface area contributed by atoms with E-state index in [4.69, 9.17) is 10.5 Å². The highest BCUT2D eigenvalue weighted by Gasteiger charge is 2.29. The number of aromatic amines is 1. The Morgan fingerprint density at radius 3 is 3.05 bits per heavy atom. The van der Waals surface area contributed by atoms with E-state index < -0.39 is 0 Å². The van der Waals surface area contributed by atoms with E-state index in [1.807, 2.05) is 19.1 Å². The van der Waals surface area contributed by atoms with Crippen molar-refractivity contribution in [2.75, 3.05) is 13.2 Å². The van der Waals surface area contributed by atoms with Crippen LogP contribution in [0.2, 0.25) is 0 Å². The summed E-state index contributed by atoms with van der Waals surface area (Å²) in [5.74, 6) is 2.67. The van der Waals surface area contributed by atoms with E-state index in [1.54, 1.807) is 0 Å². The van der Waals surface area contributed by atoms with Gasteiger partial charge in [-0.2, -0.15) is 4.98 Å². The molecule has 0 saturated heterocycles. The second kappa shape index (κ2) is 5.17. The molecular formula is C14H20N4O. The molecule has 0 spiro atoms. The molecule has 1 aliphatic carbocycles. The number of pyridine rings is 1. The van der Waals surface area contributed by atoms with Crippen molar-refractivity contribution in [3.63, 3.8) is 0 Å². The monoisotopic (exact) mass is 260 g/mol. The van der Waals surface area contributed by atoms with E-state index in [0.29, 0.717) is 24.3 Å². The van der Waals surface area contributed by atoms with E-state index >= 15 is 0 Å². The molecule has 5 nitrogen and oxygen atoms in total. The number of H-pyrrole nitrogens is 1. The molecule has 2 atom stereocenters. The minimum absolute atomic E-state index is 0.453. The average Bonchev–Trinajstić information content (AvgIpc) is 3.04. The third-order valence-electron chi connectivity index (χ3n) is 3.94. The number of nitrogens with one attached hydrogen (secondary N) is 1. The van der Waals surface area contributed by atoms with Gasteiger partial charge >= 0.3 is 0 Å². The molecule has 3 N–H and O–H groups in total. The van der Waals surface area contributed by atoms with E-state index in [0.717, 1.165) is 23.5 Å². The lowest BCUT2D eigenvalue weighted by Gasteiger charge is -2.14. The Bertz CT molecular complexity index is 566. The van der Waals surface area contributed by atoms with Gasteiger partial charge < -0.3 is 15.5 Å². The first-order valence-electron chi connectivity index (χ1n) is 7.01. The van der Waals surface area contributed by atoms with Crippen LogP contribution in [-0.2, 0) is 0 Å². The lowest BCUT2D eigenvalue weighted by molar-refractivity contribution is 0.328. The molecule has 0 radical (unpaired) electrons. The van der Waals surface area contributed by atoms with Crippen LogP contribution < -0.4 is 10.5 Å². The molecular weight excluding hydrogens is 240 g/mol. The second-order valence-electron chi connectivity index (χ2n) is 5.11. The largest absolute Gasteiger partial charge is 0.478 e. The molecule has 1 aliphatic rings. The summed E-state index contributed by atoms with van der Waals surface area (Å²) in [5, 5.41) is 0. The van der Waals surface area contributed by atoms with Crippen molar-refractivity contribution in [2.45, 2.75) is 32.1 Å². The molecule has 2 aromatic heterocycles. The van der Waals surface area contributed by atoms with Crippen LogP contribution in [0.4, 0.5) is 0 Å². The van der Waals surface area contributed by atoms with Crippen molar-refractivity contribution in [3.05, 3.63) is 18.0 Å². The standard InChI is InChI=1S/C14H20N4O/c1-2-19-12-7-6-11-14(17-12)18-13(16-11)10-5-3-4-9(10)8-15/h6-7,9-10H,2-5,8,15H2,1H3,(H,16,17,18). The predicted molar refractivity (Wildman–Crippen MR) is 74.2 cm³/mol. The van der Waals surface area contributed by atoms with Crippen molar-refractivity contribution in [1.29, 1.82) is 0 Å². The van der Waals surface area contributed by atoms with E-state index in [2.05, 4.69) is 15.0 Å². The Morgan fingerprint density at radius 1 is 1.37 bits per heavy atom. The third kappa shape index (κ3) is 2.30. The zero-order valence-corrected chi connectivity index (χ0v) is 11.2. The van der Waals surface area contributed by atoms with E-state index in [9.17, 15) is 0 Å². The van der Waals surface area contributed by atoms with Crippen molar-refractivity contribution in [3.8, 4) is 5.88 Å². The Kier molecular flexibility index (Phi) is 3.38. The summed E-state index contributed by atoms with van der Waals surface area (Å²) in [6.45, 7) is 3.30. The van der Waals surface area contributed by atoms with Crippen LogP contribution in [0.5, 0.6) is 5.88 Å². The fraction of sp³-hybridized carbons (Fsp3) is 0.571. The van der Waals surface area contributed by atoms with Gasteiger partial charge in [0.25, 0.3) is 0 Å². The summed E-state index contributed by atoms with van der Waals surface area (Å²) >= 11 is 0. The van der Waals surface area contributed by atoms with Crippen molar-refractivity contribution in [2.24, 2.45) is 11.7 Å². The number of nitrogens with zero attached hydrogens (tertiary/aromatic N) is 2. The van der Waals surface area contributed by atoms with E-state index in [-0.39, 0.29) is 0 Å². The van der Waals surface area contributed by atoms with Gasteiger partial charge in [0.15, 0.2) is 5.65 Å². The number of nitrogens with two attached hydrogens (primary N) is 1.